The van der Waals surface area contributed by atoms with Crippen molar-refractivity contribution in [2.24, 2.45) is 0 Å². The van der Waals surface area contributed by atoms with E-state index in [1.54, 1.807) is 6.07 Å². The van der Waals surface area contributed by atoms with Gasteiger partial charge in [-0.2, -0.15) is 5.10 Å². The molecule has 2 aromatic rings. The molecular formula is C17H17FN2O2. The highest BCUT2D eigenvalue weighted by Gasteiger charge is 2.32. The summed E-state index contributed by atoms with van der Waals surface area (Å²) in [5.41, 5.74) is 2.99. The van der Waals surface area contributed by atoms with Gasteiger partial charge in [-0.3, -0.25) is 9.48 Å². The molecule has 1 unspecified atom stereocenters. The highest BCUT2D eigenvalue weighted by Crippen LogP contribution is 2.39. The first-order chi connectivity index (χ1) is 10.6. The van der Waals surface area contributed by atoms with Gasteiger partial charge in [-0.25, -0.2) is 4.39 Å². The molecule has 0 fully saturated rings. The van der Waals surface area contributed by atoms with E-state index in [1.165, 1.54) is 11.8 Å². The maximum atomic E-state index is 13.9. The number of carbonyl (C=O) groups excluding carboxylic acids is 1. The molecule has 4 rings (SSSR count). The topological polar surface area (TPSA) is 44.1 Å². The summed E-state index contributed by atoms with van der Waals surface area (Å²) >= 11 is 0. The number of hydrogen-bond acceptors (Lipinski definition) is 3. The molecule has 0 saturated carbocycles. The Morgan fingerprint density at radius 1 is 1.45 bits per heavy atom. The van der Waals surface area contributed by atoms with Gasteiger partial charge in [0.05, 0.1) is 5.56 Å². The normalized spacial score (nSPS) is 19.4. The Morgan fingerprint density at radius 3 is 3.14 bits per heavy atom. The van der Waals surface area contributed by atoms with Crippen LogP contribution in [-0.4, -0.2) is 15.6 Å². The molecule has 0 amide bonds. The number of aromatic nitrogens is 2. The summed E-state index contributed by atoms with van der Waals surface area (Å²) in [7, 11) is 0. The van der Waals surface area contributed by atoms with E-state index in [-0.39, 0.29) is 17.5 Å². The lowest BCUT2D eigenvalue weighted by atomic mass is 10.0. The Hall–Kier alpha value is -2.17. The van der Waals surface area contributed by atoms with Crippen molar-refractivity contribution < 1.29 is 13.9 Å². The van der Waals surface area contributed by atoms with Crippen LogP contribution in [-0.2, 0) is 19.6 Å². The summed E-state index contributed by atoms with van der Waals surface area (Å²) in [6.45, 7) is 3.13. The summed E-state index contributed by atoms with van der Waals surface area (Å²) in [6.07, 6.45) is 2.54. The number of nitrogens with zero attached hydrogens (tertiary/aromatic N) is 2. The molecule has 1 aliphatic carbocycles. The SMILES string of the molecule is CC1CC(=O)c2c(OCc3cc4n(n3)CCC4)ccc(F)c21. The average Bonchev–Trinajstić information content (AvgIpc) is 3.12. The van der Waals surface area contributed by atoms with Gasteiger partial charge in [0.1, 0.15) is 23.9 Å². The van der Waals surface area contributed by atoms with Crippen molar-refractivity contribution in [2.45, 2.75) is 45.3 Å². The first kappa shape index (κ1) is 13.5. The van der Waals surface area contributed by atoms with Gasteiger partial charge in [0.15, 0.2) is 5.78 Å². The number of hydrogen-bond donors (Lipinski definition) is 0. The van der Waals surface area contributed by atoms with Crippen LogP contribution in [0, 0.1) is 5.82 Å². The van der Waals surface area contributed by atoms with Crippen LogP contribution in [0.1, 0.15) is 53.0 Å². The van der Waals surface area contributed by atoms with E-state index < -0.39 is 0 Å². The second-order valence-corrected chi connectivity index (χ2v) is 6.10. The Labute approximate surface area is 127 Å². The Morgan fingerprint density at radius 2 is 2.32 bits per heavy atom. The van der Waals surface area contributed by atoms with Crippen LogP contribution < -0.4 is 4.74 Å². The van der Waals surface area contributed by atoms with E-state index in [2.05, 4.69) is 5.10 Å². The van der Waals surface area contributed by atoms with Crippen molar-refractivity contribution in [3.8, 4) is 5.75 Å². The predicted octanol–water partition coefficient (Wildman–Crippen LogP) is 3.24. The molecule has 4 nitrogen and oxygen atoms in total. The van der Waals surface area contributed by atoms with E-state index >= 15 is 0 Å². The highest BCUT2D eigenvalue weighted by atomic mass is 19.1. The number of halogens is 1. The highest BCUT2D eigenvalue weighted by molar-refractivity contribution is 6.03. The molecule has 114 valence electrons. The molecule has 1 aromatic carbocycles. The van der Waals surface area contributed by atoms with E-state index in [4.69, 9.17) is 4.74 Å². The molecule has 0 bridgehead atoms. The molecule has 0 N–H and O–H groups in total. The fourth-order valence-corrected chi connectivity index (χ4v) is 3.49. The second-order valence-electron chi connectivity index (χ2n) is 6.10. The van der Waals surface area contributed by atoms with Crippen LogP contribution in [0.2, 0.25) is 0 Å². The van der Waals surface area contributed by atoms with Crippen LogP contribution in [0.25, 0.3) is 0 Å². The lowest BCUT2D eigenvalue weighted by Gasteiger charge is -2.11. The Bertz CT molecular complexity index is 745. The second kappa shape index (κ2) is 4.93. The maximum Gasteiger partial charge on any atom is 0.167 e. The van der Waals surface area contributed by atoms with Crippen LogP contribution >= 0.6 is 0 Å². The van der Waals surface area contributed by atoms with Crippen molar-refractivity contribution in [1.82, 2.24) is 9.78 Å². The third-order valence-corrected chi connectivity index (χ3v) is 4.51. The lowest BCUT2D eigenvalue weighted by molar-refractivity contribution is 0.0986. The van der Waals surface area contributed by atoms with Gasteiger partial charge < -0.3 is 4.74 Å². The van der Waals surface area contributed by atoms with Crippen LogP contribution in [0.3, 0.4) is 0 Å². The van der Waals surface area contributed by atoms with Crippen molar-refractivity contribution in [1.29, 1.82) is 0 Å². The van der Waals surface area contributed by atoms with Crippen LogP contribution in [0.4, 0.5) is 4.39 Å². The quantitative estimate of drug-likeness (QED) is 0.874. The van der Waals surface area contributed by atoms with Gasteiger partial charge in [0.2, 0.25) is 0 Å². The minimum Gasteiger partial charge on any atom is -0.486 e. The summed E-state index contributed by atoms with van der Waals surface area (Å²) in [5, 5.41) is 4.48. The van der Waals surface area contributed by atoms with Crippen molar-refractivity contribution in [2.75, 3.05) is 0 Å². The fourth-order valence-electron chi connectivity index (χ4n) is 3.49. The van der Waals surface area contributed by atoms with Gasteiger partial charge >= 0.3 is 0 Å². The number of benzene rings is 1. The first-order valence-corrected chi connectivity index (χ1v) is 7.67. The molecule has 0 radical (unpaired) electrons. The third-order valence-electron chi connectivity index (χ3n) is 4.51. The van der Waals surface area contributed by atoms with Crippen molar-refractivity contribution in [3.05, 3.63) is 46.5 Å². The van der Waals surface area contributed by atoms with E-state index in [0.29, 0.717) is 29.9 Å². The van der Waals surface area contributed by atoms with Crippen molar-refractivity contribution in [3.63, 3.8) is 0 Å². The predicted molar refractivity (Wildman–Crippen MR) is 78.6 cm³/mol. The van der Waals surface area contributed by atoms with Crippen LogP contribution in [0.15, 0.2) is 18.2 Å². The fraction of sp³-hybridized carbons (Fsp3) is 0.412. The molecule has 1 aromatic heterocycles. The number of rotatable bonds is 3. The van der Waals surface area contributed by atoms with Gasteiger partial charge in [-0.1, -0.05) is 6.92 Å². The summed E-state index contributed by atoms with van der Waals surface area (Å²) < 4.78 is 21.7. The number of Topliss-reactive ketones (excluding diaryl/α,β-unsaturated/α-hetero) is 1. The largest absolute Gasteiger partial charge is 0.486 e. The smallest absolute Gasteiger partial charge is 0.167 e. The number of aryl methyl sites for hydroxylation is 2. The van der Waals surface area contributed by atoms with Gasteiger partial charge in [-0.05, 0) is 37.0 Å². The summed E-state index contributed by atoms with van der Waals surface area (Å²) in [4.78, 5) is 12.1. The van der Waals surface area contributed by atoms with Crippen molar-refractivity contribution >= 4 is 5.78 Å². The Balaban J connectivity index is 1.60. The zero-order valence-corrected chi connectivity index (χ0v) is 12.4. The molecule has 22 heavy (non-hydrogen) atoms. The minimum absolute atomic E-state index is 0.0377. The van der Waals surface area contributed by atoms with Crippen LogP contribution in [0.5, 0.6) is 5.75 Å². The Kier molecular flexibility index (Phi) is 3.03. The number of carbonyl (C=O) groups is 1. The number of ether oxygens (including phenoxy) is 1. The monoisotopic (exact) mass is 300 g/mol. The molecule has 2 heterocycles. The minimum atomic E-state index is -0.318. The molecular weight excluding hydrogens is 283 g/mol. The van der Waals surface area contributed by atoms with Gasteiger partial charge in [0, 0.05) is 24.2 Å². The van der Waals surface area contributed by atoms with E-state index in [0.717, 1.165) is 25.1 Å². The zero-order valence-electron chi connectivity index (χ0n) is 12.4. The maximum absolute atomic E-state index is 13.9. The zero-order chi connectivity index (χ0) is 15.3. The third kappa shape index (κ3) is 2.03. The summed E-state index contributed by atoms with van der Waals surface area (Å²) in [5.74, 6) is 0.0346. The van der Waals surface area contributed by atoms with E-state index in [1.807, 2.05) is 17.7 Å². The van der Waals surface area contributed by atoms with E-state index in [9.17, 15) is 9.18 Å². The molecule has 5 heteroatoms. The average molecular weight is 300 g/mol. The first-order valence-electron chi connectivity index (χ1n) is 7.67. The molecule has 2 aliphatic rings. The molecule has 1 atom stereocenters. The lowest BCUT2D eigenvalue weighted by Crippen LogP contribution is -2.04. The molecule has 0 spiro atoms. The molecule has 1 aliphatic heterocycles. The standard InChI is InChI=1S/C17H17FN2O2/c1-10-7-14(21)17-15(5-4-13(18)16(10)17)22-9-11-8-12-3-2-6-20(12)19-11/h4-5,8,10H,2-3,6-7,9H2,1H3. The van der Waals surface area contributed by atoms with Gasteiger partial charge in [-0.15, -0.1) is 0 Å². The molecule has 0 saturated heterocycles. The number of ketones is 1. The van der Waals surface area contributed by atoms with Gasteiger partial charge in [0.25, 0.3) is 0 Å². The summed E-state index contributed by atoms with van der Waals surface area (Å²) in [6, 6.07) is 4.98. The number of fused-ring (bicyclic) bond motifs is 2.